The molecule has 150 valence electrons. The zero-order valence-corrected chi connectivity index (χ0v) is 18.2. The molecule has 2 N–H and O–H groups in total. The van der Waals surface area contributed by atoms with Crippen LogP contribution in [0.1, 0.15) is 42.5 Å². The van der Waals surface area contributed by atoms with Crippen LogP contribution in [0.15, 0.2) is 24.3 Å². The third kappa shape index (κ3) is 6.00. The Kier molecular flexibility index (Phi) is 7.44. The molecular formula is C22H29Cl2N4+. The van der Waals surface area contributed by atoms with Gasteiger partial charge in [0.2, 0.25) is 0 Å². The number of hydrogen-bond donors (Lipinski definition) is 1. The molecule has 0 aliphatic carbocycles. The Hall–Kier alpha value is -1.49. The van der Waals surface area contributed by atoms with Gasteiger partial charge in [-0.3, -0.25) is 5.41 Å². The largest absolute Gasteiger partial charge is 0.303 e. The van der Waals surface area contributed by atoms with Crippen LogP contribution in [0.2, 0.25) is 10.0 Å². The summed E-state index contributed by atoms with van der Waals surface area (Å²) in [6.45, 7) is 7.79. The van der Waals surface area contributed by atoms with Crippen molar-refractivity contribution in [2.24, 2.45) is 5.92 Å². The Labute approximate surface area is 177 Å². The molecule has 1 fully saturated rings. The summed E-state index contributed by atoms with van der Waals surface area (Å²) in [5, 5.41) is 7.41. The number of aryl methyl sites for hydroxylation is 1. The fraction of sp³-hybridized carbons (Fsp3) is 0.500. The van der Waals surface area contributed by atoms with Crippen LogP contribution in [0.4, 0.5) is 0 Å². The second-order valence-corrected chi connectivity index (χ2v) is 8.60. The van der Waals surface area contributed by atoms with E-state index in [1.165, 1.54) is 25.9 Å². The van der Waals surface area contributed by atoms with E-state index >= 15 is 0 Å². The van der Waals surface area contributed by atoms with Crippen LogP contribution < -0.4 is 5.41 Å². The van der Waals surface area contributed by atoms with Gasteiger partial charge in [0.15, 0.2) is 5.71 Å². The van der Waals surface area contributed by atoms with Crippen molar-refractivity contribution < 1.29 is 5.41 Å². The third-order valence-corrected chi connectivity index (χ3v) is 6.04. The van der Waals surface area contributed by atoms with Gasteiger partial charge in [-0.25, -0.2) is 9.97 Å². The van der Waals surface area contributed by atoms with Gasteiger partial charge >= 0.3 is 0 Å². The molecule has 1 saturated heterocycles. The van der Waals surface area contributed by atoms with Crippen molar-refractivity contribution in [2.45, 2.75) is 46.0 Å². The highest BCUT2D eigenvalue weighted by molar-refractivity contribution is 6.42. The highest BCUT2D eigenvalue weighted by atomic mass is 35.5. The molecule has 0 radical (unpaired) electrons. The highest BCUT2D eigenvalue weighted by Gasteiger charge is 2.20. The minimum absolute atomic E-state index is 0.551. The second kappa shape index (κ2) is 9.82. The molecule has 1 unspecified atom stereocenters. The van der Waals surface area contributed by atoms with E-state index in [-0.39, 0.29) is 0 Å². The molecule has 0 bridgehead atoms. The number of nitrogens with zero attached hydrogens (tertiary/aromatic N) is 3. The topological polar surface area (TPSA) is 54.6 Å². The molecule has 1 aromatic carbocycles. The first-order valence-electron chi connectivity index (χ1n) is 10.0. The van der Waals surface area contributed by atoms with E-state index in [9.17, 15) is 0 Å². The average Bonchev–Trinajstić information content (AvgIpc) is 2.64. The van der Waals surface area contributed by atoms with Crippen LogP contribution in [0.5, 0.6) is 0 Å². The van der Waals surface area contributed by atoms with Crippen molar-refractivity contribution in [3.8, 4) is 0 Å². The fourth-order valence-corrected chi connectivity index (χ4v) is 4.28. The first kappa shape index (κ1) is 21.2. The number of benzene rings is 1. The maximum absolute atomic E-state index is 6.30. The Bertz CT molecular complexity index is 837. The Morgan fingerprint density at radius 1 is 1.18 bits per heavy atom. The van der Waals surface area contributed by atoms with Gasteiger partial charge in [0.25, 0.3) is 0 Å². The first-order valence-corrected chi connectivity index (χ1v) is 10.8. The standard InChI is InChI=1S/C22H28Cl2N4/c1-3-28-8-4-5-17(14-28)11-19-9-15(2)26-22(27-19)13-18(25)10-16-6-7-20(23)21(24)12-16/h6-7,9,12,17,25H,3-5,8,10-11,13-14H2,1-2H3/p+1. The molecule has 0 saturated carbocycles. The van der Waals surface area contributed by atoms with E-state index in [0.717, 1.165) is 41.5 Å². The number of hydrogen-bond acceptors (Lipinski definition) is 3. The van der Waals surface area contributed by atoms with Gasteiger partial charge in [-0.1, -0.05) is 36.2 Å². The quantitative estimate of drug-likeness (QED) is 0.699. The van der Waals surface area contributed by atoms with Crippen molar-refractivity contribution >= 4 is 28.9 Å². The number of halogens is 2. The van der Waals surface area contributed by atoms with Crippen molar-refractivity contribution in [2.75, 3.05) is 19.6 Å². The first-order chi connectivity index (χ1) is 13.4. The van der Waals surface area contributed by atoms with Gasteiger partial charge < -0.3 is 4.90 Å². The zero-order valence-electron chi connectivity index (χ0n) is 16.7. The molecule has 1 aliphatic heterocycles. The lowest BCUT2D eigenvalue weighted by molar-refractivity contribution is -0.117. The van der Waals surface area contributed by atoms with Crippen LogP contribution in [-0.4, -0.2) is 40.2 Å². The minimum atomic E-state index is 0.551. The molecule has 2 heterocycles. The predicted octanol–water partition coefficient (Wildman–Crippen LogP) is 3.35. The smallest absolute Gasteiger partial charge is 0.161 e. The molecule has 1 aliphatic rings. The molecule has 6 heteroatoms. The predicted molar refractivity (Wildman–Crippen MR) is 116 cm³/mol. The van der Waals surface area contributed by atoms with Gasteiger partial charge in [-0.05, 0) is 69.0 Å². The molecule has 1 atom stereocenters. The van der Waals surface area contributed by atoms with Crippen LogP contribution in [0.3, 0.4) is 0 Å². The molecule has 0 spiro atoms. The molecule has 1 aromatic heterocycles. The van der Waals surface area contributed by atoms with Crippen molar-refractivity contribution in [3.63, 3.8) is 0 Å². The van der Waals surface area contributed by atoms with Gasteiger partial charge in [0, 0.05) is 17.9 Å². The molecule has 0 amide bonds. The normalized spacial score (nSPS) is 17.6. The van der Waals surface area contributed by atoms with Gasteiger partial charge in [0.1, 0.15) is 5.82 Å². The Balaban J connectivity index is 1.63. The number of nitrogens with two attached hydrogens (primary N) is 1. The SMILES string of the molecule is CCN1CCCC(Cc2cc(C)nc(CC(=[NH2+])Cc3ccc(Cl)c(Cl)c3)n2)C1. The lowest BCUT2D eigenvalue weighted by Crippen LogP contribution is -2.42. The summed E-state index contributed by atoms with van der Waals surface area (Å²) in [5.74, 6) is 1.48. The van der Waals surface area contributed by atoms with Crippen molar-refractivity contribution in [1.82, 2.24) is 14.9 Å². The lowest BCUT2D eigenvalue weighted by Gasteiger charge is -2.31. The second-order valence-electron chi connectivity index (χ2n) is 7.78. The van der Waals surface area contributed by atoms with Crippen LogP contribution >= 0.6 is 23.2 Å². The van der Waals surface area contributed by atoms with Gasteiger partial charge in [0.05, 0.1) is 22.9 Å². The van der Waals surface area contributed by atoms with E-state index in [1.54, 1.807) is 6.07 Å². The van der Waals surface area contributed by atoms with Crippen LogP contribution in [-0.2, 0) is 19.3 Å². The Morgan fingerprint density at radius 3 is 2.75 bits per heavy atom. The maximum atomic E-state index is 6.30. The van der Waals surface area contributed by atoms with Crippen molar-refractivity contribution in [1.29, 1.82) is 0 Å². The van der Waals surface area contributed by atoms with Gasteiger partial charge in [-0.15, -0.1) is 0 Å². The number of aromatic nitrogens is 2. The third-order valence-electron chi connectivity index (χ3n) is 5.30. The van der Waals surface area contributed by atoms with E-state index in [2.05, 4.69) is 22.9 Å². The monoisotopic (exact) mass is 419 g/mol. The minimum Gasteiger partial charge on any atom is -0.303 e. The van der Waals surface area contributed by atoms with E-state index < -0.39 is 0 Å². The Morgan fingerprint density at radius 2 is 2.00 bits per heavy atom. The average molecular weight is 420 g/mol. The van der Waals surface area contributed by atoms with E-state index in [0.29, 0.717) is 28.8 Å². The zero-order chi connectivity index (χ0) is 20.1. The molecule has 4 nitrogen and oxygen atoms in total. The molecular weight excluding hydrogens is 391 g/mol. The molecule has 28 heavy (non-hydrogen) atoms. The van der Waals surface area contributed by atoms with E-state index in [4.69, 9.17) is 33.6 Å². The number of likely N-dealkylation sites (tertiary alicyclic amines) is 1. The molecule has 3 rings (SSSR count). The summed E-state index contributed by atoms with van der Waals surface area (Å²) >= 11 is 12.1. The summed E-state index contributed by atoms with van der Waals surface area (Å²) in [4.78, 5) is 11.9. The fourth-order valence-electron chi connectivity index (χ4n) is 3.96. The highest BCUT2D eigenvalue weighted by Crippen LogP contribution is 2.23. The summed E-state index contributed by atoms with van der Waals surface area (Å²) in [6, 6.07) is 7.73. The number of piperidine rings is 1. The lowest BCUT2D eigenvalue weighted by atomic mass is 9.93. The van der Waals surface area contributed by atoms with Crippen LogP contribution in [0, 0.1) is 12.8 Å². The summed E-state index contributed by atoms with van der Waals surface area (Å²) in [7, 11) is 0. The summed E-state index contributed by atoms with van der Waals surface area (Å²) in [6.07, 6.45) is 4.78. The van der Waals surface area contributed by atoms with Gasteiger partial charge in [-0.2, -0.15) is 0 Å². The van der Waals surface area contributed by atoms with E-state index in [1.807, 2.05) is 19.1 Å². The summed E-state index contributed by atoms with van der Waals surface area (Å²) in [5.41, 5.74) is 4.00. The maximum Gasteiger partial charge on any atom is 0.161 e. The number of rotatable bonds is 7. The van der Waals surface area contributed by atoms with Crippen molar-refractivity contribution in [3.05, 3.63) is 57.1 Å². The summed E-state index contributed by atoms with van der Waals surface area (Å²) < 4.78 is 0. The molecule has 2 aromatic rings. The van der Waals surface area contributed by atoms with Crippen LogP contribution in [0.25, 0.3) is 0 Å².